The number of hydrogen-bond acceptors (Lipinski definition) is 3. The Bertz CT molecular complexity index is 311. The molecule has 0 radical (unpaired) electrons. The third-order valence-corrected chi connectivity index (χ3v) is 3.51. The van der Waals surface area contributed by atoms with Crippen molar-refractivity contribution in [3.05, 3.63) is 22.4 Å². The van der Waals surface area contributed by atoms with Gasteiger partial charge >= 0.3 is 0 Å². The van der Waals surface area contributed by atoms with Crippen molar-refractivity contribution < 1.29 is 4.79 Å². The Labute approximate surface area is 107 Å². The topological polar surface area (TPSA) is 55.1 Å². The molecule has 4 heteroatoms. The van der Waals surface area contributed by atoms with Crippen molar-refractivity contribution in [3.8, 4) is 0 Å². The van der Waals surface area contributed by atoms with Crippen LogP contribution in [0.15, 0.2) is 16.8 Å². The Morgan fingerprint density at radius 1 is 1.59 bits per heavy atom. The number of nitrogens with two attached hydrogens (primary N) is 1. The number of nitrogens with one attached hydrogen (secondary N) is 1. The Balaban J connectivity index is 2.22. The summed E-state index contributed by atoms with van der Waals surface area (Å²) in [6, 6.07) is 2.21. The molecule has 1 amide bonds. The summed E-state index contributed by atoms with van der Waals surface area (Å²) in [6.45, 7) is 2.68. The van der Waals surface area contributed by atoms with E-state index in [9.17, 15) is 4.79 Å². The predicted octanol–water partition coefficient (Wildman–Crippen LogP) is 2.31. The number of carbonyl (C=O) groups is 1. The zero-order valence-corrected chi connectivity index (χ0v) is 11.3. The summed E-state index contributed by atoms with van der Waals surface area (Å²) in [6.07, 6.45) is 4.62. The van der Waals surface area contributed by atoms with Gasteiger partial charge in [-0.15, -0.1) is 0 Å². The number of unbranched alkanes of at least 4 members (excludes halogenated alkanes) is 1. The molecular formula is C13H22N2OS. The molecule has 0 saturated carbocycles. The second kappa shape index (κ2) is 8.25. The van der Waals surface area contributed by atoms with Crippen LogP contribution in [0.3, 0.4) is 0 Å². The van der Waals surface area contributed by atoms with Gasteiger partial charge in [0.15, 0.2) is 0 Å². The molecule has 0 aliphatic heterocycles. The first-order valence-electron chi connectivity index (χ1n) is 6.26. The number of amides is 1. The molecule has 17 heavy (non-hydrogen) atoms. The van der Waals surface area contributed by atoms with Crippen LogP contribution in [0.2, 0.25) is 0 Å². The molecule has 0 aliphatic carbocycles. The predicted molar refractivity (Wildman–Crippen MR) is 73.2 cm³/mol. The molecule has 0 spiro atoms. The van der Waals surface area contributed by atoms with E-state index >= 15 is 0 Å². The summed E-state index contributed by atoms with van der Waals surface area (Å²) < 4.78 is 0. The van der Waals surface area contributed by atoms with Crippen LogP contribution in [0.1, 0.15) is 38.2 Å². The summed E-state index contributed by atoms with van der Waals surface area (Å²) in [5.41, 5.74) is 6.88. The van der Waals surface area contributed by atoms with Gasteiger partial charge in [-0.1, -0.05) is 19.8 Å². The fraction of sp³-hybridized carbons (Fsp3) is 0.615. The van der Waals surface area contributed by atoms with Gasteiger partial charge in [0.05, 0.1) is 0 Å². The Hall–Kier alpha value is -0.870. The van der Waals surface area contributed by atoms with Crippen molar-refractivity contribution in [2.75, 3.05) is 6.54 Å². The molecule has 1 heterocycles. The molecule has 3 nitrogen and oxygen atoms in total. The minimum absolute atomic E-state index is 0.114. The maximum absolute atomic E-state index is 11.7. The van der Waals surface area contributed by atoms with Crippen LogP contribution < -0.4 is 11.1 Å². The summed E-state index contributed by atoms with van der Waals surface area (Å²) in [4.78, 5) is 11.7. The third-order valence-electron chi connectivity index (χ3n) is 2.78. The van der Waals surface area contributed by atoms with E-state index < -0.39 is 0 Å². The SMILES string of the molecule is CCCCC(CN)NC(=O)CCc1ccsc1. The summed E-state index contributed by atoms with van der Waals surface area (Å²) in [5.74, 6) is 0.114. The third kappa shape index (κ3) is 5.84. The van der Waals surface area contributed by atoms with Crippen LogP contribution in [-0.2, 0) is 11.2 Å². The van der Waals surface area contributed by atoms with E-state index in [4.69, 9.17) is 5.73 Å². The standard InChI is InChI=1S/C13H22N2OS/c1-2-3-4-12(9-14)15-13(16)6-5-11-7-8-17-10-11/h7-8,10,12H,2-6,9,14H2,1H3,(H,15,16). The number of rotatable bonds is 8. The van der Waals surface area contributed by atoms with Gasteiger partial charge in [-0.2, -0.15) is 11.3 Å². The molecule has 1 unspecified atom stereocenters. The van der Waals surface area contributed by atoms with E-state index in [0.29, 0.717) is 13.0 Å². The number of carbonyl (C=O) groups excluding carboxylic acids is 1. The van der Waals surface area contributed by atoms with Crippen molar-refractivity contribution in [1.82, 2.24) is 5.32 Å². The summed E-state index contributed by atoms with van der Waals surface area (Å²) in [5, 5.41) is 7.13. The summed E-state index contributed by atoms with van der Waals surface area (Å²) in [7, 11) is 0. The van der Waals surface area contributed by atoms with E-state index in [1.807, 2.05) is 5.38 Å². The lowest BCUT2D eigenvalue weighted by Gasteiger charge is -2.16. The smallest absolute Gasteiger partial charge is 0.220 e. The highest BCUT2D eigenvalue weighted by atomic mass is 32.1. The second-order valence-electron chi connectivity index (χ2n) is 4.27. The maximum atomic E-state index is 11.7. The maximum Gasteiger partial charge on any atom is 0.220 e. The monoisotopic (exact) mass is 254 g/mol. The molecule has 1 aromatic heterocycles. The van der Waals surface area contributed by atoms with Crippen LogP contribution in [0.25, 0.3) is 0 Å². The van der Waals surface area contributed by atoms with Gasteiger partial charge in [0.2, 0.25) is 5.91 Å². The van der Waals surface area contributed by atoms with Gasteiger partial charge < -0.3 is 11.1 Å². The van der Waals surface area contributed by atoms with Crippen LogP contribution >= 0.6 is 11.3 Å². The average molecular weight is 254 g/mol. The van der Waals surface area contributed by atoms with Crippen molar-refractivity contribution in [1.29, 1.82) is 0 Å². The van der Waals surface area contributed by atoms with Gasteiger partial charge in [-0.25, -0.2) is 0 Å². The lowest BCUT2D eigenvalue weighted by molar-refractivity contribution is -0.121. The van der Waals surface area contributed by atoms with Crippen LogP contribution in [-0.4, -0.2) is 18.5 Å². The molecule has 1 atom stereocenters. The van der Waals surface area contributed by atoms with E-state index in [-0.39, 0.29) is 11.9 Å². The molecule has 96 valence electrons. The fourth-order valence-electron chi connectivity index (χ4n) is 1.69. The van der Waals surface area contributed by atoms with Crippen molar-refractivity contribution >= 4 is 17.2 Å². The first kappa shape index (κ1) is 14.2. The van der Waals surface area contributed by atoms with E-state index in [1.54, 1.807) is 11.3 Å². The quantitative estimate of drug-likeness (QED) is 0.748. The van der Waals surface area contributed by atoms with Crippen molar-refractivity contribution in [2.24, 2.45) is 5.73 Å². The van der Waals surface area contributed by atoms with Gasteiger partial charge in [0, 0.05) is 19.0 Å². The van der Waals surface area contributed by atoms with Gasteiger partial charge in [0.1, 0.15) is 0 Å². The Kier molecular flexibility index (Phi) is 6.89. The lowest BCUT2D eigenvalue weighted by Crippen LogP contribution is -2.40. The Morgan fingerprint density at radius 2 is 2.41 bits per heavy atom. The van der Waals surface area contributed by atoms with Gasteiger partial charge in [-0.3, -0.25) is 4.79 Å². The highest BCUT2D eigenvalue weighted by molar-refractivity contribution is 7.07. The molecule has 1 aromatic rings. The van der Waals surface area contributed by atoms with Crippen molar-refractivity contribution in [2.45, 2.75) is 45.1 Å². The van der Waals surface area contributed by atoms with Crippen LogP contribution in [0.4, 0.5) is 0 Å². The number of aryl methyl sites for hydroxylation is 1. The normalized spacial score (nSPS) is 12.4. The zero-order chi connectivity index (χ0) is 12.5. The zero-order valence-electron chi connectivity index (χ0n) is 10.4. The first-order chi connectivity index (χ1) is 8.26. The fourth-order valence-corrected chi connectivity index (χ4v) is 2.40. The van der Waals surface area contributed by atoms with Crippen LogP contribution in [0.5, 0.6) is 0 Å². The molecule has 1 rings (SSSR count). The van der Waals surface area contributed by atoms with Gasteiger partial charge in [-0.05, 0) is 35.2 Å². The average Bonchev–Trinajstić information content (AvgIpc) is 2.85. The molecule has 0 saturated heterocycles. The van der Waals surface area contributed by atoms with E-state index in [2.05, 4.69) is 23.7 Å². The van der Waals surface area contributed by atoms with Crippen LogP contribution in [0, 0.1) is 0 Å². The summed E-state index contributed by atoms with van der Waals surface area (Å²) >= 11 is 1.67. The van der Waals surface area contributed by atoms with Crippen molar-refractivity contribution in [3.63, 3.8) is 0 Å². The number of thiophene rings is 1. The second-order valence-corrected chi connectivity index (χ2v) is 5.05. The molecule has 0 fully saturated rings. The van der Waals surface area contributed by atoms with E-state index in [1.165, 1.54) is 5.56 Å². The minimum atomic E-state index is 0.114. The van der Waals surface area contributed by atoms with E-state index in [0.717, 1.165) is 25.7 Å². The molecule has 0 bridgehead atoms. The molecule has 3 N–H and O–H groups in total. The van der Waals surface area contributed by atoms with Gasteiger partial charge in [0.25, 0.3) is 0 Å². The Morgan fingerprint density at radius 3 is 3.00 bits per heavy atom. The first-order valence-corrected chi connectivity index (χ1v) is 7.21. The lowest BCUT2D eigenvalue weighted by atomic mass is 10.1. The largest absolute Gasteiger partial charge is 0.352 e. The molecular weight excluding hydrogens is 232 g/mol. The highest BCUT2D eigenvalue weighted by Gasteiger charge is 2.10. The molecule has 0 aliphatic rings. The number of hydrogen-bond donors (Lipinski definition) is 2. The molecule has 0 aromatic carbocycles. The highest BCUT2D eigenvalue weighted by Crippen LogP contribution is 2.08. The minimum Gasteiger partial charge on any atom is -0.352 e.